The number of nitrogens with zero attached hydrogens (tertiary/aromatic N) is 2. The lowest BCUT2D eigenvalue weighted by atomic mass is 9.87. The van der Waals surface area contributed by atoms with Gasteiger partial charge in [-0.3, -0.25) is 0 Å². The number of thioether (sulfide) groups is 1. The van der Waals surface area contributed by atoms with Gasteiger partial charge in [0.05, 0.1) is 5.25 Å². The molecular weight excluding hydrogens is 266 g/mol. The molecule has 2 unspecified atom stereocenters. The van der Waals surface area contributed by atoms with Gasteiger partial charge in [-0.05, 0) is 55.9 Å². The monoisotopic (exact) mass is 291 g/mol. The van der Waals surface area contributed by atoms with Gasteiger partial charge in [-0.1, -0.05) is 13.8 Å². The van der Waals surface area contributed by atoms with E-state index in [1.807, 2.05) is 11.8 Å². The number of hydrogen-bond donors (Lipinski definition) is 1. The van der Waals surface area contributed by atoms with Crippen molar-refractivity contribution in [3.63, 3.8) is 0 Å². The molecule has 0 bridgehead atoms. The summed E-state index contributed by atoms with van der Waals surface area (Å²) < 4.78 is 0. The third-order valence-electron chi connectivity index (χ3n) is 4.30. The van der Waals surface area contributed by atoms with E-state index in [1.165, 1.54) is 36.3 Å². The molecule has 2 heterocycles. The fourth-order valence-electron chi connectivity index (χ4n) is 3.11. The Morgan fingerprint density at radius 2 is 2.30 bits per heavy atom. The minimum absolute atomic E-state index is 0.556. The maximum absolute atomic E-state index is 4.87. The van der Waals surface area contributed by atoms with Crippen LogP contribution in [0.1, 0.15) is 55.4 Å². The molecule has 0 spiro atoms. The fraction of sp³-hybridized carbons (Fsp3) is 0.750. The standard InChI is InChI=1S/C16H25N3S/c1-11(2)17-9-12-5-6-14-13(8-12)10-18-16(19-14)15-4-3-7-20-15/h10-12,15,17H,3-9H2,1-2H3. The Morgan fingerprint density at radius 3 is 3.05 bits per heavy atom. The van der Waals surface area contributed by atoms with E-state index in [-0.39, 0.29) is 0 Å². The van der Waals surface area contributed by atoms with Gasteiger partial charge in [0, 0.05) is 17.9 Å². The zero-order valence-corrected chi connectivity index (χ0v) is 13.4. The van der Waals surface area contributed by atoms with Crippen molar-refractivity contribution in [3.8, 4) is 0 Å². The Kier molecular flexibility index (Phi) is 4.61. The van der Waals surface area contributed by atoms with Crippen molar-refractivity contribution >= 4 is 11.8 Å². The first-order chi connectivity index (χ1) is 9.72. The summed E-state index contributed by atoms with van der Waals surface area (Å²) in [5.41, 5.74) is 2.71. The molecule has 3 rings (SSSR count). The van der Waals surface area contributed by atoms with Crippen LogP contribution in [0, 0.1) is 5.92 Å². The predicted molar refractivity (Wildman–Crippen MR) is 85.1 cm³/mol. The van der Waals surface area contributed by atoms with Crippen molar-refractivity contribution in [3.05, 3.63) is 23.3 Å². The molecule has 1 N–H and O–H groups in total. The van der Waals surface area contributed by atoms with E-state index in [4.69, 9.17) is 4.98 Å². The second-order valence-electron chi connectivity index (χ2n) is 6.37. The van der Waals surface area contributed by atoms with Crippen LogP contribution in [0.3, 0.4) is 0 Å². The van der Waals surface area contributed by atoms with E-state index < -0.39 is 0 Å². The summed E-state index contributed by atoms with van der Waals surface area (Å²) in [6, 6.07) is 0.578. The molecule has 1 fully saturated rings. The molecule has 1 aliphatic heterocycles. The summed E-state index contributed by atoms with van der Waals surface area (Å²) >= 11 is 2.02. The van der Waals surface area contributed by atoms with Gasteiger partial charge in [-0.2, -0.15) is 11.8 Å². The van der Waals surface area contributed by atoms with Gasteiger partial charge < -0.3 is 5.32 Å². The molecule has 0 amide bonds. The molecule has 0 saturated carbocycles. The number of aromatic nitrogens is 2. The zero-order chi connectivity index (χ0) is 13.9. The summed E-state index contributed by atoms with van der Waals surface area (Å²) in [6.07, 6.45) is 8.22. The lowest BCUT2D eigenvalue weighted by molar-refractivity contribution is 0.402. The number of fused-ring (bicyclic) bond motifs is 1. The van der Waals surface area contributed by atoms with Gasteiger partial charge in [0.25, 0.3) is 0 Å². The Hall–Kier alpha value is -0.610. The SMILES string of the molecule is CC(C)NCC1CCc2nc(C3CCCS3)ncc2C1. The average Bonchev–Trinajstić information content (AvgIpc) is 2.98. The molecular formula is C16H25N3S. The fourth-order valence-corrected chi connectivity index (χ4v) is 4.33. The highest BCUT2D eigenvalue weighted by molar-refractivity contribution is 7.99. The van der Waals surface area contributed by atoms with E-state index in [0.717, 1.165) is 31.1 Å². The first-order valence-corrected chi connectivity index (χ1v) is 8.97. The Labute approximate surface area is 126 Å². The summed E-state index contributed by atoms with van der Waals surface area (Å²) in [5, 5.41) is 4.11. The lowest BCUT2D eigenvalue weighted by Gasteiger charge is -2.25. The van der Waals surface area contributed by atoms with Crippen LogP contribution in [0.4, 0.5) is 0 Å². The predicted octanol–water partition coefficient (Wildman–Crippen LogP) is 3.15. The summed E-state index contributed by atoms with van der Waals surface area (Å²) in [7, 11) is 0. The largest absolute Gasteiger partial charge is 0.314 e. The summed E-state index contributed by atoms with van der Waals surface area (Å²) in [6.45, 7) is 5.55. The smallest absolute Gasteiger partial charge is 0.141 e. The number of aryl methyl sites for hydroxylation is 1. The van der Waals surface area contributed by atoms with Crippen LogP contribution in [-0.4, -0.2) is 28.3 Å². The highest BCUT2D eigenvalue weighted by Gasteiger charge is 2.24. The molecule has 1 aliphatic carbocycles. The molecule has 1 aromatic rings. The van der Waals surface area contributed by atoms with Crippen LogP contribution >= 0.6 is 11.8 Å². The first kappa shape index (κ1) is 14.3. The maximum Gasteiger partial charge on any atom is 0.141 e. The first-order valence-electron chi connectivity index (χ1n) is 7.92. The van der Waals surface area contributed by atoms with Crippen molar-refractivity contribution in [1.29, 1.82) is 0 Å². The van der Waals surface area contributed by atoms with E-state index in [9.17, 15) is 0 Å². The van der Waals surface area contributed by atoms with Crippen molar-refractivity contribution < 1.29 is 0 Å². The van der Waals surface area contributed by atoms with E-state index >= 15 is 0 Å². The lowest BCUT2D eigenvalue weighted by Crippen LogP contribution is -2.32. The Morgan fingerprint density at radius 1 is 1.40 bits per heavy atom. The molecule has 4 heteroatoms. The van der Waals surface area contributed by atoms with Crippen molar-refractivity contribution in [2.75, 3.05) is 12.3 Å². The molecule has 110 valence electrons. The van der Waals surface area contributed by atoms with Crippen molar-refractivity contribution in [1.82, 2.24) is 15.3 Å². The Bertz CT molecular complexity index is 455. The van der Waals surface area contributed by atoms with E-state index in [0.29, 0.717) is 11.3 Å². The van der Waals surface area contributed by atoms with Gasteiger partial charge in [0.1, 0.15) is 5.82 Å². The minimum Gasteiger partial charge on any atom is -0.314 e. The normalized spacial score (nSPS) is 25.9. The number of rotatable bonds is 4. The van der Waals surface area contributed by atoms with Crippen LogP contribution < -0.4 is 5.32 Å². The van der Waals surface area contributed by atoms with E-state index in [1.54, 1.807) is 0 Å². The zero-order valence-electron chi connectivity index (χ0n) is 12.6. The van der Waals surface area contributed by atoms with Crippen molar-refractivity contribution in [2.24, 2.45) is 5.92 Å². The minimum atomic E-state index is 0.556. The van der Waals surface area contributed by atoms with Crippen LogP contribution in [0.15, 0.2) is 6.20 Å². The van der Waals surface area contributed by atoms with Gasteiger partial charge >= 0.3 is 0 Å². The van der Waals surface area contributed by atoms with Gasteiger partial charge in [0.15, 0.2) is 0 Å². The van der Waals surface area contributed by atoms with Crippen LogP contribution in [0.25, 0.3) is 0 Å². The van der Waals surface area contributed by atoms with E-state index in [2.05, 4.69) is 30.3 Å². The molecule has 1 aromatic heterocycles. The third-order valence-corrected chi connectivity index (χ3v) is 5.68. The van der Waals surface area contributed by atoms with Crippen LogP contribution in [0.5, 0.6) is 0 Å². The second-order valence-corrected chi connectivity index (χ2v) is 7.68. The van der Waals surface area contributed by atoms with Gasteiger partial charge in [0.2, 0.25) is 0 Å². The number of hydrogen-bond acceptors (Lipinski definition) is 4. The molecule has 20 heavy (non-hydrogen) atoms. The molecule has 2 aliphatic rings. The highest BCUT2D eigenvalue weighted by atomic mass is 32.2. The summed E-state index contributed by atoms with van der Waals surface area (Å²) in [4.78, 5) is 9.52. The number of nitrogens with one attached hydrogen (secondary N) is 1. The van der Waals surface area contributed by atoms with Crippen molar-refractivity contribution in [2.45, 2.75) is 57.2 Å². The molecule has 3 nitrogen and oxygen atoms in total. The van der Waals surface area contributed by atoms with Crippen LogP contribution in [0.2, 0.25) is 0 Å². The maximum atomic E-state index is 4.87. The summed E-state index contributed by atoms with van der Waals surface area (Å²) in [5.74, 6) is 3.11. The molecule has 2 atom stereocenters. The quantitative estimate of drug-likeness (QED) is 0.925. The second kappa shape index (κ2) is 6.44. The average molecular weight is 291 g/mol. The molecule has 1 saturated heterocycles. The topological polar surface area (TPSA) is 37.8 Å². The highest BCUT2D eigenvalue weighted by Crippen LogP contribution is 2.38. The van der Waals surface area contributed by atoms with Crippen LogP contribution in [-0.2, 0) is 12.8 Å². The van der Waals surface area contributed by atoms with Gasteiger partial charge in [-0.15, -0.1) is 0 Å². The molecule has 0 aromatic carbocycles. The third kappa shape index (κ3) is 3.34. The molecule has 0 radical (unpaired) electrons. The Balaban J connectivity index is 1.65. The van der Waals surface area contributed by atoms with Gasteiger partial charge in [-0.25, -0.2) is 9.97 Å².